The highest BCUT2D eigenvalue weighted by atomic mass is 32.1. The first-order valence-corrected chi connectivity index (χ1v) is 17.9. The molecule has 50 heavy (non-hydrogen) atoms. The number of rotatable bonds is 5. The standard InChI is InChI=1S/C48H31NS/c1-2-11-32(12-3-1)35-15-10-16-39(29-35)49(40-27-28-42-37(30-40)22-21-33-13-4-6-17-41(33)42)38-25-23-34(24-26-38)47-43-18-7-5-14-36(43)31-46-48(47)44-19-8-9-20-45(44)50-46/h1-31H. The molecule has 10 aromatic rings. The maximum atomic E-state index is 2.39. The SMILES string of the molecule is c1ccc(-c2cccc(N(c3ccc(-c4c5ccccc5cc5sc6ccccc6c45)cc3)c3ccc4c(ccc5ccccc54)c3)c2)cc1. The summed E-state index contributed by atoms with van der Waals surface area (Å²) in [5.41, 5.74) is 8.29. The Morgan fingerprint density at radius 2 is 0.940 bits per heavy atom. The van der Waals surface area contributed by atoms with Crippen LogP contribution in [0, 0.1) is 0 Å². The minimum absolute atomic E-state index is 1.12. The van der Waals surface area contributed by atoms with Crippen molar-refractivity contribution in [1.82, 2.24) is 0 Å². The van der Waals surface area contributed by atoms with Gasteiger partial charge in [-0.05, 0) is 103 Å². The molecule has 234 valence electrons. The minimum Gasteiger partial charge on any atom is -0.310 e. The third kappa shape index (κ3) is 4.76. The van der Waals surface area contributed by atoms with Gasteiger partial charge in [-0.15, -0.1) is 11.3 Å². The Balaban J connectivity index is 1.16. The van der Waals surface area contributed by atoms with Gasteiger partial charge in [0.2, 0.25) is 0 Å². The van der Waals surface area contributed by atoms with Gasteiger partial charge in [0.15, 0.2) is 0 Å². The first-order chi connectivity index (χ1) is 24.8. The minimum atomic E-state index is 1.12. The molecule has 0 aliphatic heterocycles. The van der Waals surface area contributed by atoms with E-state index in [2.05, 4.69) is 193 Å². The molecule has 1 heterocycles. The van der Waals surface area contributed by atoms with E-state index in [1.54, 1.807) is 0 Å². The lowest BCUT2D eigenvalue weighted by molar-refractivity contribution is 1.29. The molecule has 0 amide bonds. The van der Waals surface area contributed by atoms with Crippen LogP contribution in [0.1, 0.15) is 0 Å². The Labute approximate surface area is 294 Å². The average molecular weight is 654 g/mol. The summed E-state index contributed by atoms with van der Waals surface area (Å²) in [5.74, 6) is 0. The lowest BCUT2D eigenvalue weighted by Crippen LogP contribution is -2.10. The molecule has 0 unspecified atom stereocenters. The fraction of sp³-hybridized carbons (Fsp3) is 0. The second kappa shape index (κ2) is 11.7. The highest BCUT2D eigenvalue weighted by Gasteiger charge is 2.18. The molecule has 0 aliphatic carbocycles. The first-order valence-electron chi connectivity index (χ1n) is 17.1. The topological polar surface area (TPSA) is 3.24 Å². The van der Waals surface area contributed by atoms with Gasteiger partial charge in [0.25, 0.3) is 0 Å². The number of anilines is 3. The van der Waals surface area contributed by atoms with Crippen molar-refractivity contribution >= 4 is 80.9 Å². The smallest absolute Gasteiger partial charge is 0.0468 e. The zero-order valence-electron chi connectivity index (χ0n) is 27.3. The molecule has 0 bridgehead atoms. The van der Waals surface area contributed by atoms with Crippen molar-refractivity contribution < 1.29 is 0 Å². The number of thiophene rings is 1. The van der Waals surface area contributed by atoms with Gasteiger partial charge in [-0.3, -0.25) is 0 Å². The van der Waals surface area contributed by atoms with E-state index in [0.29, 0.717) is 0 Å². The summed E-state index contributed by atoms with van der Waals surface area (Å²) in [4.78, 5) is 2.39. The molecule has 0 aliphatic rings. The first kappa shape index (κ1) is 28.8. The number of hydrogen-bond donors (Lipinski definition) is 0. The highest BCUT2D eigenvalue weighted by molar-refractivity contribution is 7.26. The van der Waals surface area contributed by atoms with E-state index in [-0.39, 0.29) is 0 Å². The Bertz CT molecular complexity index is 2870. The molecular formula is C48H31NS. The Morgan fingerprint density at radius 1 is 0.320 bits per heavy atom. The summed E-state index contributed by atoms with van der Waals surface area (Å²) < 4.78 is 2.65. The fourth-order valence-electron chi connectivity index (χ4n) is 7.67. The lowest BCUT2D eigenvalue weighted by atomic mass is 9.93. The predicted octanol–water partition coefficient (Wildman–Crippen LogP) is 14.3. The number of nitrogens with zero attached hydrogens (tertiary/aromatic N) is 1. The van der Waals surface area contributed by atoms with E-state index in [4.69, 9.17) is 0 Å². The predicted molar refractivity (Wildman–Crippen MR) is 217 cm³/mol. The molecule has 9 aromatic carbocycles. The zero-order chi connectivity index (χ0) is 33.0. The molecule has 10 rings (SSSR count). The fourth-order valence-corrected chi connectivity index (χ4v) is 8.83. The van der Waals surface area contributed by atoms with Gasteiger partial charge in [0.05, 0.1) is 0 Å². The van der Waals surface area contributed by atoms with E-state index < -0.39 is 0 Å². The van der Waals surface area contributed by atoms with Crippen LogP contribution in [0.2, 0.25) is 0 Å². The summed E-state index contributed by atoms with van der Waals surface area (Å²) in [5, 5.41) is 10.2. The van der Waals surface area contributed by atoms with Crippen molar-refractivity contribution in [2.45, 2.75) is 0 Å². The van der Waals surface area contributed by atoms with E-state index in [1.807, 2.05) is 11.3 Å². The molecule has 2 heteroatoms. The van der Waals surface area contributed by atoms with Crippen LogP contribution in [0.4, 0.5) is 17.1 Å². The largest absolute Gasteiger partial charge is 0.310 e. The van der Waals surface area contributed by atoms with Crippen LogP contribution < -0.4 is 4.90 Å². The van der Waals surface area contributed by atoms with Crippen molar-refractivity contribution in [2.75, 3.05) is 4.90 Å². The molecule has 0 atom stereocenters. The summed E-state index contributed by atoms with van der Waals surface area (Å²) in [6.07, 6.45) is 0. The van der Waals surface area contributed by atoms with Gasteiger partial charge < -0.3 is 4.90 Å². The average Bonchev–Trinajstić information content (AvgIpc) is 3.56. The van der Waals surface area contributed by atoms with Crippen LogP contribution in [0.3, 0.4) is 0 Å². The number of benzene rings is 9. The molecule has 0 fully saturated rings. The van der Waals surface area contributed by atoms with Crippen molar-refractivity contribution in [3.8, 4) is 22.3 Å². The maximum Gasteiger partial charge on any atom is 0.0468 e. The van der Waals surface area contributed by atoms with Gasteiger partial charge in [0.1, 0.15) is 0 Å². The van der Waals surface area contributed by atoms with Crippen molar-refractivity contribution in [1.29, 1.82) is 0 Å². The molecular weight excluding hydrogens is 623 g/mol. The maximum absolute atomic E-state index is 2.39. The van der Waals surface area contributed by atoms with Gasteiger partial charge in [-0.25, -0.2) is 0 Å². The van der Waals surface area contributed by atoms with E-state index in [0.717, 1.165) is 17.1 Å². The van der Waals surface area contributed by atoms with Gasteiger partial charge >= 0.3 is 0 Å². The Hall–Kier alpha value is -6.22. The molecule has 0 spiro atoms. The third-order valence-corrected chi connectivity index (χ3v) is 11.1. The van der Waals surface area contributed by atoms with Crippen LogP contribution in [0.5, 0.6) is 0 Å². The quantitative estimate of drug-likeness (QED) is 0.167. The van der Waals surface area contributed by atoms with Crippen LogP contribution >= 0.6 is 11.3 Å². The summed E-state index contributed by atoms with van der Waals surface area (Å²) in [6, 6.07) is 68.7. The van der Waals surface area contributed by atoms with Crippen molar-refractivity contribution in [3.05, 3.63) is 188 Å². The normalized spacial score (nSPS) is 11.6. The highest BCUT2D eigenvalue weighted by Crippen LogP contribution is 2.45. The Morgan fingerprint density at radius 3 is 1.80 bits per heavy atom. The molecule has 0 saturated carbocycles. The monoisotopic (exact) mass is 653 g/mol. The van der Waals surface area contributed by atoms with Crippen LogP contribution in [0.15, 0.2) is 188 Å². The number of fused-ring (bicyclic) bond motifs is 7. The van der Waals surface area contributed by atoms with Crippen LogP contribution in [-0.4, -0.2) is 0 Å². The molecule has 1 aromatic heterocycles. The Kier molecular flexibility index (Phi) is 6.75. The van der Waals surface area contributed by atoms with Crippen LogP contribution in [0.25, 0.3) is 74.7 Å². The van der Waals surface area contributed by atoms with Crippen LogP contribution in [-0.2, 0) is 0 Å². The summed E-state index contributed by atoms with van der Waals surface area (Å²) in [6.45, 7) is 0. The van der Waals surface area contributed by atoms with Gasteiger partial charge in [-0.2, -0.15) is 0 Å². The molecule has 0 radical (unpaired) electrons. The van der Waals surface area contributed by atoms with Crippen molar-refractivity contribution in [2.24, 2.45) is 0 Å². The second-order valence-corrected chi connectivity index (χ2v) is 14.0. The lowest BCUT2D eigenvalue weighted by Gasteiger charge is -2.27. The third-order valence-electron chi connectivity index (χ3n) is 10.0. The molecule has 0 saturated heterocycles. The van der Waals surface area contributed by atoms with E-state index in [9.17, 15) is 0 Å². The van der Waals surface area contributed by atoms with E-state index in [1.165, 1.54) is 74.7 Å². The molecule has 1 nitrogen and oxygen atoms in total. The van der Waals surface area contributed by atoms with Gasteiger partial charge in [-0.1, -0.05) is 140 Å². The van der Waals surface area contributed by atoms with Crippen molar-refractivity contribution in [3.63, 3.8) is 0 Å². The number of hydrogen-bond acceptors (Lipinski definition) is 2. The zero-order valence-corrected chi connectivity index (χ0v) is 28.1. The van der Waals surface area contributed by atoms with Gasteiger partial charge in [0, 0.05) is 37.2 Å². The second-order valence-electron chi connectivity index (χ2n) is 12.9. The van der Waals surface area contributed by atoms with E-state index >= 15 is 0 Å². The molecule has 0 N–H and O–H groups in total. The summed E-state index contributed by atoms with van der Waals surface area (Å²) in [7, 11) is 0. The summed E-state index contributed by atoms with van der Waals surface area (Å²) >= 11 is 1.88.